The van der Waals surface area contributed by atoms with Crippen molar-refractivity contribution in [3.63, 3.8) is 0 Å². The second-order valence-corrected chi connectivity index (χ2v) is 4.88. The molecule has 2 aromatic carbocycles. The molecule has 5 heteroatoms. The molecular formula is C17H22ClNO3. The number of hydrogen-bond acceptors (Lipinski definition) is 4. The van der Waals surface area contributed by atoms with Gasteiger partial charge in [-0.2, -0.15) is 0 Å². The minimum atomic E-state index is -2.38. The minimum absolute atomic E-state index is 0. The number of rotatable bonds is 6. The fourth-order valence-corrected chi connectivity index (χ4v) is 2.01. The van der Waals surface area contributed by atoms with Crippen molar-refractivity contribution in [1.82, 2.24) is 5.32 Å². The number of aromatic hydroxyl groups is 2. The van der Waals surface area contributed by atoms with Crippen LogP contribution < -0.4 is 5.32 Å². The second kappa shape index (κ2) is 8.63. The van der Waals surface area contributed by atoms with Crippen molar-refractivity contribution in [2.45, 2.75) is 25.4 Å². The smallest absolute Gasteiger partial charge is 0.115 e. The molecule has 0 saturated carbocycles. The number of hydrogen-bond donors (Lipinski definition) is 4. The average Bonchev–Trinajstić information content (AvgIpc) is 2.52. The molecule has 0 fully saturated rings. The van der Waals surface area contributed by atoms with E-state index in [1.165, 1.54) is 24.3 Å². The summed E-state index contributed by atoms with van der Waals surface area (Å²) in [5, 5.41) is 31.9. The van der Waals surface area contributed by atoms with Crippen LogP contribution in [0.4, 0.5) is 0 Å². The molecule has 0 unspecified atom stereocenters. The highest BCUT2D eigenvalue weighted by molar-refractivity contribution is 5.85. The number of aliphatic hydroxyl groups excluding tert-OH is 1. The fraction of sp³-hybridized carbons (Fsp3) is 0.294. The maximum atomic E-state index is 10.4. The summed E-state index contributed by atoms with van der Waals surface area (Å²) in [6.45, 7) is -2.02. The minimum Gasteiger partial charge on any atom is -0.508 e. The first-order valence-corrected chi connectivity index (χ1v) is 6.75. The highest BCUT2D eigenvalue weighted by atomic mass is 35.5. The SMILES string of the molecule is Cl.[2H]C([2H])([2H])[C@@H](NCCc1ccc(O)cc1)[C@@H](O)c1ccc(O)cc1. The predicted octanol–water partition coefficient (Wildman–Crippen LogP) is 2.77. The van der Waals surface area contributed by atoms with Gasteiger partial charge in [0.2, 0.25) is 0 Å². The van der Waals surface area contributed by atoms with E-state index in [0.717, 1.165) is 5.56 Å². The Hall–Kier alpha value is -1.75. The first-order valence-electron chi connectivity index (χ1n) is 8.25. The molecule has 0 aliphatic carbocycles. The van der Waals surface area contributed by atoms with E-state index < -0.39 is 19.0 Å². The molecule has 4 N–H and O–H groups in total. The summed E-state index contributed by atoms with van der Waals surface area (Å²) in [7, 11) is 0. The van der Waals surface area contributed by atoms with E-state index >= 15 is 0 Å². The molecule has 0 aromatic heterocycles. The van der Waals surface area contributed by atoms with Crippen LogP contribution in [0.15, 0.2) is 48.5 Å². The van der Waals surface area contributed by atoms with Crippen molar-refractivity contribution in [2.24, 2.45) is 0 Å². The van der Waals surface area contributed by atoms with E-state index in [1.54, 1.807) is 24.3 Å². The lowest BCUT2D eigenvalue weighted by Crippen LogP contribution is -2.33. The van der Waals surface area contributed by atoms with Gasteiger partial charge in [0.05, 0.1) is 6.10 Å². The zero-order valence-electron chi connectivity index (χ0n) is 14.9. The monoisotopic (exact) mass is 326 g/mol. The molecular weight excluding hydrogens is 302 g/mol. The average molecular weight is 327 g/mol. The third-order valence-corrected chi connectivity index (χ3v) is 3.26. The Balaban J connectivity index is 0.00000312. The summed E-state index contributed by atoms with van der Waals surface area (Å²) in [6.07, 6.45) is -0.660. The summed E-state index contributed by atoms with van der Waals surface area (Å²) >= 11 is 0. The van der Waals surface area contributed by atoms with Gasteiger partial charge in [0.1, 0.15) is 11.5 Å². The Kier molecular flexibility index (Phi) is 5.45. The summed E-state index contributed by atoms with van der Waals surface area (Å²) in [4.78, 5) is 0. The van der Waals surface area contributed by atoms with Gasteiger partial charge in [-0.1, -0.05) is 24.3 Å². The molecule has 0 heterocycles. The number of phenolic OH excluding ortho intramolecular Hbond substituents is 2. The molecule has 2 atom stereocenters. The van der Waals surface area contributed by atoms with Gasteiger partial charge in [0.25, 0.3) is 0 Å². The third-order valence-electron chi connectivity index (χ3n) is 3.26. The van der Waals surface area contributed by atoms with Crippen molar-refractivity contribution in [1.29, 1.82) is 0 Å². The van der Waals surface area contributed by atoms with Crippen LogP contribution in [-0.2, 0) is 6.42 Å². The van der Waals surface area contributed by atoms with E-state index in [9.17, 15) is 15.3 Å². The van der Waals surface area contributed by atoms with Crippen LogP contribution in [0.2, 0.25) is 0 Å². The first kappa shape index (κ1) is 13.9. The quantitative estimate of drug-likeness (QED) is 0.658. The van der Waals surface area contributed by atoms with Crippen LogP contribution in [0.3, 0.4) is 0 Å². The Morgan fingerprint density at radius 1 is 1.00 bits per heavy atom. The molecule has 22 heavy (non-hydrogen) atoms. The van der Waals surface area contributed by atoms with Crippen molar-refractivity contribution < 1.29 is 19.4 Å². The molecule has 0 radical (unpaired) electrons. The molecule has 2 aromatic rings. The second-order valence-electron chi connectivity index (χ2n) is 4.88. The molecule has 120 valence electrons. The van der Waals surface area contributed by atoms with Gasteiger partial charge < -0.3 is 20.6 Å². The molecule has 0 amide bonds. The van der Waals surface area contributed by atoms with Crippen LogP contribution in [0.1, 0.15) is 28.2 Å². The lowest BCUT2D eigenvalue weighted by atomic mass is 10.0. The highest BCUT2D eigenvalue weighted by Crippen LogP contribution is 2.19. The van der Waals surface area contributed by atoms with Crippen LogP contribution in [-0.4, -0.2) is 27.9 Å². The Labute approximate surface area is 141 Å². The molecule has 0 saturated heterocycles. The molecule has 0 aliphatic rings. The topological polar surface area (TPSA) is 72.7 Å². The number of halogens is 1. The normalized spacial score (nSPS) is 15.8. The van der Waals surface area contributed by atoms with Gasteiger partial charge in [-0.05, 0) is 55.2 Å². The molecule has 0 aliphatic heterocycles. The van der Waals surface area contributed by atoms with Crippen LogP contribution in [0.25, 0.3) is 0 Å². The van der Waals surface area contributed by atoms with E-state index in [2.05, 4.69) is 5.32 Å². The number of benzene rings is 2. The zero-order valence-corrected chi connectivity index (χ0v) is 12.8. The van der Waals surface area contributed by atoms with Gasteiger partial charge in [-0.3, -0.25) is 0 Å². The number of nitrogens with one attached hydrogen (secondary N) is 1. The van der Waals surface area contributed by atoms with E-state index in [4.69, 9.17) is 4.11 Å². The van der Waals surface area contributed by atoms with Crippen molar-refractivity contribution in [3.05, 3.63) is 59.7 Å². The van der Waals surface area contributed by atoms with E-state index in [1.807, 2.05) is 0 Å². The lowest BCUT2D eigenvalue weighted by molar-refractivity contribution is 0.136. The molecule has 4 nitrogen and oxygen atoms in total. The Bertz CT molecular complexity index is 648. The van der Waals surface area contributed by atoms with Crippen molar-refractivity contribution in [3.8, 4) is 11.5 Å². The van der Waals surface area contributed by atoms with Gasteiger partial charge in [-0.15, -0.1) is 12.4 Å². The van der Waals surface area contributed by atoms with Gasteiger partial charge >= 0.3 is 0 Å². The maximum Gasteiger partial charge on any atom is 0.115 e. The number of phenols is 2. The first-order chi connectivity index (χ1) is 11.3. The van der Waals surface area contributed by atoms with Crippen LogP contribution in [0.5, 0.6) is 11.5 Å². The third kappa shape index (κ3) is 5.22. The van der Waals surface area contributed by atoms with Gasteiger partial charge in [-0.25, -0.2) is 0 Å². The van der Waals surface area contributed by atoms with E-state index in [0.29, 0.717) is 18.5 Å². The standard InChI is InChI=1S/C17H21NO3.ClH/c1-12(17(21)14-4-8-16(20)9-5-14)18-11-10-13-2-6-15(19)7-3-13;/h2-9,12,17-21H,10-11H2,1H3;1H/t12-,17-;/m1./s1/i1D3;. The number of aliphatic hydroxyl groups is 1. The summed E-state index contributed by atoms with van der Waals surface area (Å²) < 4.78 is 23.0. The molecule has 2 rings (SSSR count). The lowest BCUT2D eigenvalue weighted by Gasteiger charge is -2.20. The fourth-order valence-electron chi connectivity index (χ4n) is 2.01. The van der Waals surface area contributed by atoms with Crippen LogP contribution >= 0.6 is 12.4 Å². The predicted molar refractivity (Wildman–Crippen MR) is 89.6 cm³/mol. The van der Waals surface area contributed by atoms with Gasteiger partial charge in [0.15, 0.2) is 0 Å². The Morgan fingerprint density at radius 3 is 2.09 bits per heavy atom. The molecule has 0 spiro atoms. The Morgan fingerprint density at radius 2 is 1.55 bits per heavy atom. The zero-order chi connectivity index (χ0) is 17.7. The largest absolute Gasteiger partial charge is 0.508 e. The molecule has 0 bridgehead atoms. The summed E-state index contributed by atoms with van der Waals surface area (Å²) in [5.41, 5.74) is 1.37. The van der Waals surface area contributed by atoms with Crippen molar-refractivity contribution in [2.75, 3.05) is 6.54 Å². The highest BCUT2D eigenvalue weighted by Gasteiger charge is 2.15. The van der Waals surface area contributed by atoms with Gasteiger partial charge in [0, 0.05) is 10.2 Å². The van der Waals surface area contributed by atoms with Crippen molar-refractivity contribution >= 4 is 12.4 Å². The van der Waals surface area contributed by atoms with E-state index in [-0.39, 0.29) is 23.9 Å². The summed E-state index contributed by atoms with van der Waals surface area (Å²) in [6, 6.07) is 11.4. The summed E-state index contributed by atoms with van der Waals surface area (Å²) in [5.74, 6) is 0.228. The maximum absolute atomic E-state index is 10.4. The van der Waals surface area contributed by atoms with Crippen LogP contribution in [0, 0.1) is 0 Å².